The quantitative estimate of drug-likeness (QED) is 0.706. The van der Waals surface area contributed by atoms with E-state index in [0.29, 0.717) is 0 Å². The van der Waals surface area contributed by atoms with Gasteiger partial charge in [-0.15, -0.1) is 0 Å². The average Bonchev–Trinajstić information content (AvgIpc) is 2.72. The van der Waals surface area contributed by atoms with Crippen LogP contribution in [0.2, 0.25) is 0 Å². The first kappa shape index (κ1) is 20.2. The number of nitrogens with zero attached hydrogens (tertiary/aromatic N) is 2. The largest absolute Gasteiger partial charge is 0.497 e. The molecule has 0 spiro atoms. The van der Waals surface area contributed by atoms with Gasteiger partial charge in [0, 0.05) is 55.1 Å². The number of methoxy groups -OCH3 is 2. The van der Waals surface area contributed by atoms with E-state index < -0.39 is 0 Å². The lowest BCUT2D eigenvalue weighted by Gasteiger charge is -2.40. The summed E-state index contributed by atoms with van der Waals surface area (Å²) in [4.78, 5) is 16.0. The zero-order chi connectivity index (χ0) is 20.3. The Morgan fingerprint density at radius 2 is 1.61 bits per heavy atom. The number of carbonyl (C=O) groups excluding carboxylic acids is 1. The van der Waals surface area contributed by atoms with Gasteiger partial charge in [0.25, 0.3) is 0 Å². The van der Waals surface area contributed by atoms with Crippen LogP contribution < -0.4 is 14.4 Å². The number of carbonyl (C=O) groups is 1. The Morgan fingerprint density at radius 1 is 0.964 bits per heavy atom. The molecule has 5 heteroatoms. The molecule has 0 radical (unpaired) electrons. The number of ether oxygens (including phenoxy) is 2. The van der Waals surface area contributed by atoms with Crippen LogP contribution in [0.3, 0.4) is 0 Å². The van der Waals surface area contributed by atoms with Gasteiger partial charge < -0.3 is 14.4 Å². The maximum absolute atomic E-state index is 11.1. The third-order valence-corrected chi connectivity index (χ3v) is 5.72. The molecule has 1 aliphatic heterocycles. The van der Waals surface area contributed by atoms with Crippen LogP contribution in [0.15, 0.2) is 30.3 Å². The zero-order valence-corrected chi connectivity index (χ0v) is 17.5. The molecule has 150 valence electrons. The van der Waals surface area contributed by atoms with Crippen molar-refractivity contribution < 1.29 is 14.3 Å². The molecule has 28 heavy (non-hydrogen) atoms. The van der Waals surface area contributed by atoms with Gasteiger partial charge in [-0.05, 0) is 50.1 Å². The number of piperazine rings is 1. The molecule has 0 N–H and O–H groups in total. The minimum atomic E-state index is 0.266. The smallest absolute Gasteiger partial charge is 0.150 e. The summed E-state index contributed by atoms with van der Waals surface area (Å²) in [7, 11) is 3.38. The van der Waals surface area contributed by atoms with Crippen LogP contribution in [0.1, 0.15) is 40.0 Å². The molecular weight excluding hydrogens is 352 g/mol. The number of benzene rings is 2. The molecule has 0 aromatic heterocycles. The lowest BCUT2D eigenvalue weighted by molar-refractivity contribution is 0.112. The molecule has 0 aliphatic carbocycles. The van der Waals surface area contributed by atoms with Gasteiger partial charge in [-0.3, -0.25) is 9.69 Å². The van der Waals surface area contributed by atoms with Crippen LogP contribution in [0, 0.1) is 13.8 Å². The molecule has 1 aliphatic rings. The summed E-state index contributed by atoms with van der Waals surface area (Å²) < 4.78 is 10.9. The highest BCUT2D eigenvalue weighted by Gasteiger charge is 2.25. The summed E-state index contributed by atoms with van der Waals surface area (Å²) in [5.41, 5.74) is 5.53. The van der Waals surface area contributed by atoms with Gasteiger partial charge in [-0.2, -0.15) is 0 Å². The monoisotopic (exact) mass is 382 g/mol. The second-order valence-corrected chi connectivity index (χ2v) is 7.43. The highest BCUT2D eigenvalue weighted by Crippen LogP contribution is 2.34. The summed E-state index contributed by atoms with van der Waals surface area (Å²) in [6.45, 7) is 10.3. The Balaban J connectivity index is 1.73. The van der Waals surface area contributed by atoms with Gasteiger partial charge in [0.15, 0.2) is 0 Å². The fraction of sp³-hybridized carbons (Fsp3) is 0.435. The number of aryl methyl sites for hydroxylation is 2. The minimum Gasteiger partial charge on any atom is -0.497 e. The SMILES string of the molecule is COc1ccc([C@H](C)N2CCN(c3c(C)cc(C=O)cc3C)CC2)c(OC)c1. The highest BCUT2D eigenvalue weighted by molar-refractivity contribution is 5.78. The Morgan fingerprint density at radius 3 is 2.14 bits per heavy atom. The van der Waals surface area contributed by atoms with Crippen LogP contribution in [-0.4, -0.2) is 51.6 Å². The van der Waals surface area contributed by atoms with Crippen molar-refractivity contribution >= 4 is 12.0 Å². The van der Waals surface area contributed by atoms with Crippen LogP contribution in [0.25, 0.3) is 0 Å². The van der Waals surface area contributed by atoms with Gasteiger partial charge in [0.1, 0.15) is 17.8 Å². The molecule has 0 unspecified atom stereocenters. The average molecular weight is 383 g/mol. The number of hydrogen-bond acceptors (Lipinski definition) is 5. The molecule has 0 bridgehead atoms. The molecule has 5 nitrogen and oxygen atoms in total. The van der Waals surface area contributed by atoms with Crippen molar-refractivity contribution in [1.29, 1.82) is 0 Å². The maximum atomic E-state index is 11.1. The van der Waals surface area contributed by atoms with Crippen molar-refractivity contribution in [3.05, 3.63) is 52.6 Å². The van der Waals surface area contributed by atoms with Crippen molar-refractivity contribution in [3.8, 4) is 11.5 Å². The standard InChI is InChI=1S/C23H30N2O3/c1-16-12-19(15-26)13-17(2)23(16)25-10-8-24(9-11-25)18(3)21-7-6-20(27-4)14-22(21)28-5/h6-7,12-15,18H,8-11H2,1-5H3/t18-/m0/s1. The summed E-state index contributed by atoms with van der Waals surface area (Å²) in [5, 5.41) is 0. The molecule has 2 aromatic rings. The minimum absolute atomic E-state index is 0.266. The van der Waals surface area contributed by atoms with E-state index in [-0.39, 0.29) is 6.04 Å². The number of rotatable bonds is 6. The van der Waals surface area contributed by atoms with E-state index in [2.05, 4.69) is 36.6 Å². The normalized spacial score (nSPS) is 16.0. The van der Waals surface area contributed by atoms with Gasteiger partial charge in [-0.25, -0.2) is 0 Å². The lowest BCUT2D eigenvalue weighted by atomic mass is 10.0. The van der Waals surface area contributed by atoms with Crippen LogP contribution in [0.5, 0.6) is 11.5 Å². The van der Waals surface area contributed by atoms with Crippen molar-refractivity contribution in [2.24, 2.45) is 0 Å². The van der Waals surface area contributed by atoms with Crippen LogP contribution in [0.4, 0.5) is 5.69 Å². The number of aldehydes is 1. The van der Waals surface area contributed by atoms with Crippen molar-refractivity contribution in [2.75, 3.05) is 45.3 Å². The van der Waals surface area contributed by atoms with Gasteiger partial charge >= 0.3 is 0 Å². The number of hydrogen-bond donors (Lipinski definition) is 0. The van der Waals surface area contributed by atoms with Crippen LogP contribution >= 0.6 is 0 Å². The summed E-state index contributed by atoms with van der Waals surface area (Å²) >= 11 is 0. The van der Waals surface area contributed by atoms with Crippen molar-refractivity contribution in [1.82, 2.24) is 4.90 Å². The first-order valence-electron chi connectivity index (χ1n) is 9.75. The summed E-state index contributed by atoms with van der Waals surface area (Å²) in [5.74, 6) is 1.67. The molecular formula is C23H30N2O3. The maximum Gasteiger partial charge on any atom is 0.150 e. The Bertz CT molecular complexity index is 819. The van der Waals surface area contributed by atoms with Gasteiger partial charge in [-0.1, -0.05) is 6.07 Å². The molecule has 1 saturated heterocycles. The number of anilines is 1. The third-order valence-electron chi connectivity index (χ3n) is 5.72. The summed E-state index contributed by atoms with van der Waals surface area (Å²) in [6.07, 6.45) is 0.922. The molecule has 3 rings (SSSR count). The Hall–Kier alpha value is -2.53. The Kier molecular flexibility index (Phi) is 6.25. The van der Waals surface area contributed by atoms with Gasteiger partial charge in [0.05, 0.1) is 14.2 Å². The fourth-order valence-electron chi connectivity index (χ4n) is 4.25. The van der Waals surface area contributed by atoms with E-state index in [9.17, 15) is 4.79 Å². The van der Waals surface area contributed by atoms with Crippen molar-refractivity contribution in [2.45, 2.75) is 26.8 Å². The topological polar surface area (TPSA) is 42.0 Å². The van der Waals surface area contributed by atoms with E-state index in [1.807, 2.05) is 24.3 Å². The Labute approximate surface area is 167 Å². The molecule has 0 amide bonds. The zero-order valence-electron chi connectivity index (χ0n) is 17.5. The second kappa shape index (κ2) is 8.65. The molecule has 1 atom stereocenters. The lowest BCUT2D eigenvalue weighted by Crippen LogP contribution is -2.47. The first-order chi connectivity index (χ1) is 13.5. The predicted molar refractivity (Wildman–Crippen MR) is 113 cm³/mol. The van der Waals surface area contributed by atoms with E-state index in [4.69, 9.17) is 9.47 Å². The van der Waals surface area contributed by atoms with Crippen LogP contribution in [-0.2, 0) is 0 Å². The van der Waals surface area contributed by atoms with E-state index >= 15 is 0 Å². The fourth-order valence-corrected chi connectivity index (χ4v) is 4.25. The van der Waals surface area contributed by atoms with E-state index in [0.717, 1.165) is 49.5 Å². The van der Waals surface area contributed by atoms with E-state index in [1.165, 1.54) is 22.4 Å². The summed E-state index contributed by atoms with van der Waals surface area (Å²) in [6, 6.07) is 10.3. The first-order valence-corrected chi connectivity index (χ1v) is 9.75. The van der Waals surface area contributed by atoms with Crippen molar-refractivity contribution in [3.63, 3.8) is 0 Å². The molecule has 2 aromatic carbocycles. The molecule has 1 fully saturated rings. The third kappa shape index (κ3) is 3.99. The molecule has 1 heterocycles. The predicted octanol–water partition coefficient (Wildman–Crippen LogP) is 4.02. The van der Waals surface area contributed by atoms with E-state index in [1.54, 1.807) is 14.2 Å². The molecule has 0 saturated carbocycles. The highest BCUT2D eigenvalue weighted by atomic mass is 16.5. The second-order valence-electron chi connectivity index (χ2n) is 7.43. The van der Waals surface area contributed by atoms with Gasteiger partial charge in [0.2, 0.25) is 0 Å².